The maximum atomic E-state index is 10.7. The second-order valence-electron chi connectivity index (χ2n) is 8.66. The lowest BCUT2D eigenvalue weighted by atomic mass is 10.0. The maximum absolute atomic E-state index is 10.7. The van der Waals surface area contributed by atoms with Crippen LogP contribution in [0.5, 0.6) is 5.88 Å². The van der Waals surface area contributed by atoms with E-state index < -0.39 is 11.9 Å². The number of nitrogens with one attached hydrogen (secondary N) is 1. The average molecular weight is 510 g/mol. The molecular formula is C27H38Cl2N2O3. The number of carbonyl (C=O) groups is 1. The highest BCUT2D eigenvalue weighted by molar-refractivity contribution is 6.35. The van der Waals surface area contributed by atoms with Crippen molar-refractivity contribution in [2.45, 2.75) is 77.0 Å². The fraction of sp³-hybridized carbons (Fsp3) is 0.556. The van der Waals surface area contributed by atoms with E-state index in [0.29, 0.717) is 16.5 Å². The van der Waals surface area contributed by atoms with Gasteiger partial charge in [0.15, 0.2) is 0 Å². The Bertz CT molecular complexity index is 864. The minimum Gasteiger partial charge on any atom is -0.481 e. The summed E-state index contributed by atoms with van der Waals surface area (Å²) in [5.41, 5.74) is 1.87. The van der Waals surface area contributed by atoms with E-state index in [1.807, 2.05) is 18.2 Å². The van der Waals surface area contributed by atoms with Crippen LogP contribution in [0.1, 0.15) is 81.8 Å². The average Bonchev–Trinajstić information content (AvgIpc) is 3.26. The molecule has 0 spiro atoms. The summed E-state index contributed by atoms with van der Waals surface area (Å²) in [4.78, 5) is 14.6. The van der Waals surface area contributed by atoms with E-state index in [2.05, 4.69) is 17.2 Å². The number of carboxylic acid groups (broad SMARTS) is 1. The van der Waals surface area contributed by atoms with E-state index in [1.165, 1.54) is 56.9 Å². The number of carboxylic acids is 1. The Balaban J connectivity index is 0.000000283. The normalized spacial score (nSPS) is 14.1. The zero-order valence-corrected chi connectivity index (χ0v) is 21.7. The summed E-state index contributed by atoms with van der Waals surface area (Å²) in [5, 5.41) is 13.8. The molecule has 1 aromatic heterocycles. The molecule has 2 aromatic rings. The fourth-order valence-electron chi connectivity index (χ4n) is 3.88. The van der Waals surface area contributed by atoms with Crippen LogP contribution < -0.4 is 10.1 Å². The van der Waals surface area contributed by atoms with Gasteiger partial charge in [0.05, 0.1) is 0 Å². The summed E-state index contributed by atoms with van der Waals surface area (Å²) >= 11 is 12.1. The van der Waals surface area contributed by atoms with Gasteiger partial charge in [-0.2, -0.15) is 0 Å². The van der Waals surface area contributed by atoms with Crippen molar-refractivity contribution in [1.82, 2.24) is 10.3 Å². The van der Waals surface area contributed by atoms with Crippen molar-refractivity contribution in [2.24, 2.45) is 0 Å². The number of hydrogen-bond donors (Lipinski definition) is 2. The number of rotatable bonds is 14. The van der Waals surface area contributed by atoms with Gasteiger partial charge in [-0.3, -0.25) is 4.79 Å². The smallest absolute Gasteiger partial charge is 0.314 e. The van der Waals surface area contributed by atoms with Crippen LogP contribution in [0.15, 0.2) is 36.5 Å². The number of halogens is 2. The van der Waals surface area contributed by atoms with Crippen LogP contribution in [0.25, 0.3) is 0 Å². The maximum Gasteiger partial charge on any atom is 0.314 e. The minimum atomic E-state index is -0.859. The Labute approximate surface area is 214 Å². The molecule has 0 saturated heterocycles. The Morgan fingerprint density at radius 1 is 1.06 bits per heavy atom. The molecule has 1 aromatic carbocycles. The number of unbranched alkanes of at least 4 members (excludes halogenated alkanes) is 7. The molecule has 0 saturated carbocycles. The molecule has 7 heteroatoms. The predicted octanol–water partition coefficient (Wildman–Crippen LogP) is 7.30. The molecule has 0 amide bonds. The molecule has 188 valence electrons. The first-order valence-electron chi connectivity index (χ1n) is 12.5. The van der Waals surface area contributed by atoms with Gasteiger partial charge in [-0.1, -0.05) is 87.2 Å². The molecule has 0 radical (unpaired) electrons. The molecule has 0 aliphatic carbocycles. The first-order chi connectivity index (χ1) is 16.5. The fourth-order valence-corrected chi connectivity index (χ4v) is 4.39. The molecule has 1 aliphatic rings. The summed E-state index contributed by atoms with van der Waals surface area (Å²) < 4.78 is 5.08. The van der Waals surface area contributed by atoms with Gasteiger partial charge in [-0.15, -0.1) is 0 Å². The van der Waals surface area contributed by atoms with Crippen molar-refractivity contribution in [3.05, 3.63) is 57.7 Å². The topological polar surface area (TPSA) is 71.5 Å². The lowest BCUT2D eigenvalue weighted by molar-refractivity contribution is -0.138. The summed E-state index contributed by atoms with van der Waals surface area (Å²) in [6.45, 7) is 4.67. The first kappa shape index (κ1) is 28.4. The SMILES string of the molecule is CCCCCCCCCCNCCCc1ccc(Cl)cc1Cl.O=C(O)C1COc2ncccc21. The summed E-state index contributed by atoms with van der Waals surface area (Å²) in [5.74, 6) is -0.958. The van der Waals surface area contributed by atoms with Crippen molar-refractivity contribution in [1.29, 1.82) is 0 Å². The van der Waals surface area contributed by atoms with Gasteiger partial charge in [0.2, 0.25) is 5.88 Å². The lowest BCUT2D eigenvalue weighted by Gasteiger charge is -2.07. The van der Waals surface area contributed by atoms with Crippen molar-refractivity contribution < 1.29 is 14.6 Å². The number of aryl methyl sites for hydroxylation is 1. The zero-order chi connectivity index (χ0) is 24.6. The standard InChI is InChI=1S/C19H31Cl2N.C8H7NO3/c1-2-3-4-5-6-7-8-9-14-22-15-10-11-17-12-13-18(20)16-19(17)21;10-8(11)6-4-12-7-5(6)2-1-3-9-7/h12-13,16,22H,2-11,14-15H2,1H3;1-3,6H,4H2,(H,10,11). The molecule has 1 unspecified atom stereocenters. The Morgan fingerprint density at radius 3 is 2.47 bits per heavy atom. The lowest BCUT2D eigenvalue weighted by Crippen LogP contribution is -2.17. The third-order valence-corrected chi connectivity index (χ3v) is 6.47. The second-order valence-corrected chi connectivity index (χ2v) is 9.51. The van der Waals surface area contributed by atoms with Gasteiger partial charge in [0, 0.05) is 21.8 Å². The van der Waals surface area contributed by atoms with Gasteiger partial charge in [0.1, 0.15) is 12.5 Å². The second kappa shape index (κ2) is 16.7. The molecule has 3 rings (SSSR count). The number of hydrogen-bond acceptors (Lipinski definition) is 4. The molecule has 5 nitrogen and oxygen atoms in total. The Morgan fingerprint density at radius 2 is 1.76 bits per heavy atom. The van der Waals surface area contributed by atoms with Crippen LogP contribution in [-0.4, -0.2) is 35.8 Å². The number of aliphatic carboxylic acids is 1. The molecule has 1 atom stereocenters. The van der Waals surface area contributed by atoms with E-state index >= 15 is 0 Å². The van der Waals surface area contributed by atoms with E-state index in [9.17, 15) is 4.79 Å². The highest BCUT2D eigenvalue weighted by atomic mass is 35.5. The monoisotopic (exact) mass is 508 g/mol. The van der Waals surface area contributed by atoms with Gasteiger partial charge in [-0.25, -0.2) is 4.98 Å². The molecule has 1 aliphatic heterocycles. The predicted molar refractivity (Wildman–Crippen MR) is 140 cm³/mol. The number of fused-ring (bicyclic) bond motifs is 1. The Kier molecular flexibility index (Phi) is 14.0. The molecular weight excluding hydrogens is 471 g/mol. The summed E-state index contributed by atoms with van der Waals surface area (Å²) in [7, 11) is 0. The number of ether oxygens (including phenoxy) is 1. The number of aromatic nitrogens is 1. The van der Waals surface area contributed by atoms with Gasteiger partial charge in [-0.05, 0) is 56.1 Å². The third kappa shape index (κ3) is 10.6. The summed E-state index contributed by atoms with van der Waals surface area (Å²) in [6, 6.07) is 9.21. The number of benzene rings is 1. The van der Waals surface area contributed by atoms with E-state index in [0.717, 1.165) is 31.0 Å². The molecule has 0 bridgehead atoms. The summed E-state index contributed by atoms with van der Waals surface area (Å²) in [6.07, 6.45) is 14.8. The van der Waals surface area contributed by atoms with Crippen LogP contribution in [-0.2, 0) is 11.2 Å². The van der Waals surface area contributed by atoms with E-state index in [-0.39, 0.29) is 6.61 Å². The first-order valence-corrected chi connectivity index (χ1v) is 13.2. The minimum absolute atomic E-state index is 0.196. The van der Waals surface area contributed by atoms with Crippen LogP contribution in [0.2, 0.25) is 10.0 Å². The van der Waals surface area contributed by atoms with Gasteiger partial charge in [0.25, 0.3) is 0 Å². The van der Waals surface area contributed by atoms with Crippen LogP contribution in [0.3, 0.4) is 0 Å². The molecule has 2 N–H and O–H groups in total. The Hall–Kier alpha value is -1.82. The van der Waals surface area contributed by atoms with E-state index in [4.69, 9.17) is 33.0 Å². The van der Waals surface area contributed by atoms with Crippen LogP contribution in [0.4, 0.5) is 0 Å². The largest absolute Gasteiger partial charge is 0.481 e. The molecule has 2 heterocycles. The van der Waals surface area contributed by atoms with Crippen LogP contribution in [0, 0.1) is 0 Å². The van der Waals surface area contributed by atoms with Crippen molar-refractivity contribution >= 4 is 29.2 Å². The molecule has 34 heavy (non-hydrogen) atoms. The van der Waals surface area contributed by atoms with Gasteiger partial charge < -0.3 is 15.2 Å². The van der Waals surface area contributed by atoms with Crippen molar-refractivity contribution in [2.75, 3.05) is 19.7 Å². The quantitative estimate of drug-likeness (QED) is 0.262. The zero-order valence-electron chi connectivity index (χ0n) is 20.2. The third-order valence-electron chi connectivity index (χ3n) is 5.88. The van der Waals surface area contributed by atoms with Gasteiger partial charge >= 0.3 is 5.97 Å². The van der Waals surface area contributed by atoms with Crippen molar-refractivity contribution in [3.63, 3.8) is 0 Å². The van der Waals surface area contributed by atoms with Crippen molar-refractivity contribution in [3.8, 4) is 5.88 Å². The number of nitrogens with zero attached hydrogens (tertiary/aromatic N) is 1. The van der Waals surface area contributed by atoms with E-state index in [1.54, 1.807) is 18.3 Å². The highest BCUT2D eigenvalue weighted by Gasteiger charge is 2.30. The highest BCUT2D eigenvalue weighted by Crippen LogP contribution is 2.31. The molecule has 0 fully saturated rings. The van der Waals surface area contributed by atoms with Crippen LogP contribution >= 0.6 is 23.2 Å². The number of pyridine rings is 1.